The Bertz CT molecular complexity index is 1210. The maximum atomic E-state index is 12.5. The van der Waals surface area contributed by atoms with Gasteiger partial charge in [0.15, 0.2) is 5.75 Å². The molecule has 0 aliphatic rings. The average molecular weight is 501 g/mol. The van der Waals surface area contributed by atoms with Gasteiger partial charge in [-0.15, -0.1) is 5.69 Å². The first-order valence-corrected chi connectivity index (χ1v) is 9.24. The van der Waals surface area contributed by atoms with Gasteiger partial charge < -0.3 is 20.5 Å². The summed E-state index contributed by atoms with van der Waals surface area (Å²) in [4.78, 5) is 11.7. The van der Waals surface area contributed by atoms with E-state index in [4.69, 9.17) is 16.2 Å². The van der Waals surface area contributed by atoms with Crippen LogP contribution in [0.3, 0.4) is 0 Å². The summed E-state index contributed by atoms with van der Waals surface area (Å²) in [5.41, 5.74) is -0.151. The molecule has 0 atom stereocenters. The minimum absolute atomic E-state index is 0. The number of phenolic OH excluding ortho intramolecular Hbond substituents is 1. The zero-order chi connectivity index (χ0) is 19.8. The van der Waals surface area contributed by atoms with E-state index >= 15 is 0 Å². The molecule has 0 saturated heterocycles. The minimum Gasteiger partial charge on any atom is -0.504 e. The molecule has 2 aromatic carbocycles. The average Bonchev–Trinajstić information content (AvgIpc) is 2.89. The second-order valence-corrected chi connectivity index (χ2v) is 7.26. The molecule has 0 bridgehead atoms. The van der Waals surface area contributed by atoms with Crippen LogP contribution in [-0.2, 0) is 27.5 Å². The second kappa shape index (κ2) is 11.2. The molecule has 0 spiro atoms. The van der Waals surface area contributed by atoms with E-state index in [1.807, 2.05) is 0 Å². The maximum Gasteiger partial charge on any atom is 1.00 e. The Labute approximate surface area is 209 Å². The van der Waals surface area contributed by atoms with Crippen molar-refractivity contribution in [1.29, 1.82) is 0 Å². The molecule has 0 unspecified atom stereocenters. The minimum atomic E-state index is -4.72. The molecule has 3 aromatic rings. The Hall–Kier alpha value is -1.46. The van der Waals surface area contributed by atoms with Gasteiger partial charge in [0, 0.05) is 22.4 Å². The van der Waals surface area contributed by atoms with Crippen LogP contribution in [0.4, 0.5) is 11.4 Å². The number of nitrogens with zero attached hydrogens (tertiary/aromatic N) is 4. The SMILES string of the molecule is Cc1nn(-c2ccccc2)c(=O)[c-]1N=Nc1cc(Cl)cc(S(=O)(=O)O)c1O.O.[Cr].[Na+]. The van der Waals surface area contributed by atoms with Crippen molar-refractivity contribution < 1.29 is 70.5 Å². The molecule has 4 N–H and O–H groups in total. The summed E-state index contributed by atoms with van der Waals surface area (Å²) >= 11 is 5.79. The van der Waals surface area contributed by atoms with Crippen molar-refractivity contribution in [2.45, 2.75) is 11.8 Å². The normalized spacial score (nSPS) is 10.8. The van der Waals surface area contributed by atoms with Crippen LogP contribution in [0.15, 0.2) is 62.4 Å². The van der Waals surface area contributed by atoms with Gasteiger partial charge in [-0.25, -0.2) is 9.78 Å². The van der Waals surface area contributed by atoms with Gasteiger partial charge in [-0.2, -0.15) is 13.5 Å². The van der Waals surface area contributed by atoms with E-state index < -0.39 is 26.3 Å². The number of aromatic hydroxyl groups is 1. The van der Waals surface area contributed by atoms with Crippen LogP contribution in [0.1, 0.15) is 5.69 Å². The van der Waals surface area contributed by atoms with E-state index in [1.54, 1.807) is 37.3 Å². The van der Waals surface area contributed by atoms with Crippen LogP contribution >= 0.6 is 11.6 Å². The molecule has 14 heteroatoms. The first-order valence-electron chi connectivity index (χ1n) is 7.42. The molecule has 30 heavy (non-hydrogen) atoms. The largest absolute Gasteiger partial charge is 1.00 e. The Morgan fingerprint density at radius 1 is 1.20 bits per heavy atom. The number of azo groups is 1. The third-order valence-electron chi connectivity index (χ3n) is 3.54. The second-order valence-electron chi connectivity index (χ2n) is 5.43. The number of aryl methyl sites for hydroxylation is 1. The van der Waals surface area contributed by atoms with E-state index in [1.165, 1.54) is 0 Å². The topological polar surface area (TPSA) is 166 Å². The van der Waals surface area contributed by atoms with Crippen molar-refractivity contribution >= 4 is 33.1 Å². The summed E-state index contributed by atoms with van der Waals surface area (Å²) in [7, 11) is -4.72. The van der Waals surface area contributed by atoms with Crippen LogP contribution in [0.2, 0.25) is 5.02 Å². The first kappa shape index (κ1) is 28.5. The quantitative estimate of drug-likeness (QED) is 0.211. The molecule has 1 heterocycles. The van der Waals surface area contributed by atoms with Gasteiger partial charge in [-0.3, -0.25) is 4.55 Å². The molecule has 0 radical (unpaired) electrons. The summed E-state index contributed by atoms with van der Waals surface area (Å²) in [6.07, 6.45) is 0. The van der Waals surface area contributed by atoms with Gasteiger partial charge in [-0.1, -0.05) is 42.4 Å². The smallest absolute Gasteiger partial charge is 0.504 e. The van der Waals surface area contributed by atoms with E-state index in [0.29, 0.717) is 5.69 Å². The van der Waals surface area contributed by atoms with Crippen molar-refractivity contribution in [3.8, 4) is 11.4 Å². The first-order chi connectivity index (χ1) is 12.7. The zero-order valence-electron chi connectivity index (χ0n) is 15.6. The van der Waals surface area contributed by atoms with Crippen molar-refractivity contribution in [3.63, 3.8) is 0 Å². The Kier molecular flexibility index (Phi) is 10.7. The Morgan fingerprint density at radius 2 is 1.80 bits per heavy atom. The van der Waals surface area contributed by atoms with E-state index in [-0.39, 0.29) is 74.5 Å². The molecule has 1 aromatic heterocycles. The molecule has 0 saturated carbocycles. The van der Waals surface area contributed by atoms with Crippen LogP contribution < -0.4 is 35.1 Å². The molecular formula is C16H14ClCrN4NaO6S. The van der Waals surface area contributed by atoms with Gasteiger partial charge >= 0.3 is 29.6 Å². The van der Waals surface area contributed by atoms with E-state index in [0.717, 1.165) is 16.8 Å². The predicted molar refractivity (Wildman–Crippen MR) is 101 cm³/mol. The van der Waals surface area contributed by atoms with E-state index in [2.05, 4.69) is 15.3 Å². The van der Waals surface area contributed by atoms with Crippen LogP contribution in [-0.4, -0.2) is 33.3 Å². The van der Waals surface area contributed by atoms with Crippen molar-refractivity contribution in [2.75, 3.05) is 0 Å². The summed E-state index contributed by atoms with van der Waals surface area (Å²) in [6.45, 7) is 1.55. The van der Waals surface area contributed by atoms with Gasteiger partial charge in [0.25, 0.3) is 10.1 Å². The van der Waals surface area contributed by atoms with E-state index in [9.17, 15) is 18.3 Å². The fourth-order valence-electron chi connectivity index (χ4n) is 2.29. The molecule has 3 rings (SSSR count). The fourth-order valence-corrected chi connectivity index (χ4v) is 3.20. The molecule has 0 aliphatic heterocycles. The number of benzene rings is 2. The molecule has 0 amide bonds. The number of hydrogen-bond acceptors (Lipinski definition) is 7. The summed E-state index contributed by atoms with van der Waals surface area (Å²) in [5, 5.41) is 21.5. The number of hydrogen-bond donors (Lipinski definition) is 2. The molecule has 0 aliphatic carbocycles. The molecule has 0 fully saturated rings. The zero-order valence-corrected chi connectivity index (χ0v) is 20.5. The standard InChI is InChI=1S/C16H12ClN4O5S.Cr.Na.H2O/c1-9-14(16(23)21(20-9)11-5-3-2-4-6-11)19-18-12-7-10(17)8-13(15(12)22)27(24,25)26;;;/h2-8,22H,1H3,(H,24,25,26);;;1H2/q-1;;+1;. The molecule has 154 valence electrons. The number of aromatic nitrogens is 2. The van der Waals surface area contributed by atoms with Crippen molar-refractivity contribution in [2.24, 2.45) is 10.2 Å². The van der Waals surface area contributed by atoms with Gasteiger partial charge in [0.05, 0.1) is 5.69 Å². The van der Waals surface area contributed by atoms with Gasteiger partial charge in [0.1, 0.15) is 16.1 Å². The molecule has 10 nitrogen and oxygen atoms in total. The summed E-state index contributed by atoms with van der Waals surface area (Å²) < 4.78 is 32.9. The van der Waals surface area contributed by atoms with Crippen molar-refractivity contribution in [3.05, 3.63) is 63.5 Å². The third-order valence-corrected chi connectivity index (χ3v) is 4.63. The van der Waals surface area contributed by atoms with Crippen molar-refractivity contribution in [1.82, 2.24) is 9.78 Å². The van der Waals surface area contributed by atoms with Crippen LogP contribution in [0.25, 0.3) is 5.69 Å². The van der Waals surface area contributed by atoms with Crippen LogP contribution in [0, 0.1) is 6.92 Å². The Balaban J connectivity index is 0.00000280. The van der Waals surface area contributed by atoms with Gasteiger partial charge in [0.2, 0.25) is 0 Å². The maximum absolute atomic E-state index is 12.5. The monoisotopic (exact) mass is 500 g/mol. The van der Waals surface area contributed by atoms with Gasteiger partial charge in [-0.05, 0) is 24.3 Å². The number of phenols is 1. The predicted octanol–water partition coefficient (Wildman–Crippen LogP) is -0.542. The fraction of sp³-hybridized carbons (Fsp3) is 0.0625. The summed E-state index contributed by atoms with van der Waals surface area (Å²) in [5.74, 6) is -0.841. The molecular weight excluding hydrogens is 487 g/mol. The summed E-state index contributed by atoms with van der Waals surface area (Å²) in [6, 6.07) is 10.7. The third kappa shape index (κ3) is 6.04. The number of rotatable bonds is 4. The van der Waals surface area contributed by atoms with Crippen LogP contribution in [0.5, 0.6) is 5.75 Å². The number of halogens is 1. The Morgan fingerprint density at radius 3 is 2.37 bits per heavy atom. The number of para-hydroxylation sites is 1.